The molecule has 0 unspecified atom stereocenters. The number of hydrogen-bond donors (Lipinski definition) is 1. The van der Waals surface area contributed by atoms with E-state index in [4.69, 9.17) is 0 Å². The van der Waals surface area contributed by atoms with Gasteiger partial charge in [0.1, 0.15) is 0 Å². The van der Waals surface area contributed by atoms with E-state index < -0.39 is 0 Å². The van der Waals surface area contributed by atoms with Gasteiger partial charge >= 0.3 is 0 Å². The van der Waals surface area contributed by atoms with Gasteiger partial charge in [-0.15, -0.1) is 0 Å². The summed E-state index contributed by atoms with van der Waals surface area (Å²) in [6, 6.07) is 0. The topological polar surface area (TPSA) is 29.1 Å². The van der Waals surface area contributed by atoms with Crippen LogP contribution in [0.2, 0.25) is 0 Å². The van der Waals surface area contributed by atoms with Crippen LogP contribution >= 0.6 is 0 Å². The van der Waals surface area contributed by atoms with Crippen molar-refractivity contribution in [2.45, 2.75) is 12.8 Å². The lowest BCUT2D eigenvalue weighted by molar-refractivity contribution is -0.849. The first kappa shape index (κ1) is 10.4. The van der Waals surface area contributed by atoms with Gasteiger partial charge in [0.15, 0.2) is 0 Å². The van der Waals surface area contributed by atoms with Gasteiger partial charge in [0.2, 0.25) is 5.91 Å². The molecule has 0 spiro atoms. The molecule has 1 aliphatic heterocycles. The Morgan fingerprint density at radius 2 is 1.73 bits per heavy atom. The smallest absolute Gasteiger partial charge is 0.220 e. The number of amides is 1. The summed E-state index contributed by atoms with van der Waals surface area (Å²) in [5, 5.41) is 2.68. The van der Waals surface area contributed by atoms with Crippen molar-refractivity contribution in [1.29, 1.82) is 0 Å². The zero-order valence-electron chi connectivity index (χ0n) is 7.98. The highest BCUT2D eigenvalue weighted by molar-refractivity contribution is 5.77. The Morgan fingerprint density at radius 1 is 1.27 bits per heavy atom. The molecule has 0 atom stereocenters. The molecular weight excluding hydrogens is 140 g/mol. The van der Waals surface area contributed by atoms with Crippen molar-refractivity contribution >= 4 is 5.91 Å². The third-order valence-corrected chi connectivity index (χ3v) is 0.903. The summed E-state index contributed by atoms with van der Waals surface area (Å²) in [5.41, 5.74) is 0. The van der Waals surface area contributed by atoms with Crippen LogP contribution in [0.25, 0.3) is 0 Å². The molecular formula is C8H19N2O+. The molecule has 1 fully saturated rings. The second-order valence-corrected chi connectivity index (χ2v) is 4.14. The summed E-state index contributed by atoms with van der Waals surface area (Å²) in [6.45, 7) is 0.888. The van der Waals surface area contributed by atoms with Crippen molar-refractivity contribution in [3.05, 3.63) is 0 Å². The van der Waals surface area contributed by atoms with Crippen LogP contribution in [0, 0.1) is 0 Å². The molecule has 0 saturated carbocycles. The molecule has 66 valence electrons. The molecule has 3 nitrogen and oxygen atoms in total. The van der Waals surface area contributed by atoms with E-state index >= 15 is 0 Å². The zero-order chi connectivity index (χ0) is 8.91. The molecule has 1 rings (SSSR count). The van der Waals surface area contributed by atoms with Crippen LogP contribution in [-0.2, 0) is 4.79 Å². The van der Waals surface area contributed by atoms with Crippen molar-refractivity contribution in [3.8, 4) is 0 Å². The fourth-order valence-electron chi connectivity index (χ4n) is 0.565. The number of quaternary nitrogens is 1. The highest BCUT2D eigenvalue weighted by Crippen LogP contribution is 1.93. The maximum absolute atomic E-state index is 10.1. The summed E-state index contributed by atoms with van der Waals surface area (Å²) in [4.78, 5) is 10.1. The van der Waals surface area contributed by atoms with E-state index in [2.05, 4.69) is 33.5 Å². The average Bonchev–Trinajstić information content (AvgIpc) is 2.12. The third-order valence-electron chi connectivity index (χ3n) is 0.903. The minimum absolute atomic E-state index is 0.204. The minimum atomic E-state index is 0.204. The monoisotopic (exact) mass is 159 g/mol. The first-order valence-corrected chi connectivity index (χ1v) is 3.95. The molecule has 0 bridgehead atoms. The normalized spacial score (nSPS) is 16.9. The van der Waals surface area contributed by atoms with E-state index in [0.717, 1.165) is 23.9 Å². The summed E-state index contributed by atoms with van der Waals surface area (Å²) in [5.74, 6) is 0.204. The van der Waals surface area contributed by atoms with Gasteiger partial charge in [-0.2, -0.15) is 0 Å². The fourth-order valence-corrected chi connectivity index (χ4v) is 0.565. The van der Waals surface area contributed by atoms with Crippen LogP contribution in [0.1, 0.15) is 12.8 Å². The molecule has 0 aliphatic carbocycles. The van der Waals surface area contributed by atoms with Gasteiger partial charge in [-0.3, -0.25) is 4.79 Å². The molecule has 1 amide bonds. The van der Waals surface area contributed by atoms with Crippen molar-refractivity contribution in [2.75, 3.05) is 34.7 Å². The van der Waals surface area contributed by atoms with E-state index in [9.17, 15) is 4.79 Å². The largest absolute Gasteiger partial charge is 0.356 e. The second-order valence-electron chi connectivity index (χ2n) is 4.14. The van der Waals surface area contributed by atoms with Crippen molar-refractivity contribution in [2.24, 2.45) is 0 Å². The summed E-state index contributed by atoms with van der Waals surface area (Å²) >= 11 is 0. The zero-order valence-corrected chi connectivity index (χ0v) is 7.98. The number of hydrogen-bond acceptors (Lipinski definition) is 1. The van der Waals surface area contributed by atoms with Gasteiger partial charge in [-0.25, -0.2) is 0 Å². The molecule has 3 heteroatoms. The lowest BCUT2D eigenvalue weighted by atomic mass is 10.4. The average molecular weight is 159 g/mol. The predicted molar refractivity (Wildman–Crippen MR) is 46.2 cm³/mol. The summed E-state index contributed by atoms with van der Waals surface area (Å²) < 4.78 is 1.00. The Labute approximate surface area is 69.0 Å². The van der Waals surface area contributed by atoms with Crippen molar-refractivity contribution < 1.29 is 9.28 Å². The standard InChI is InChI=1S/C4H7NO.C4H12N/c6-4-2-1-3-5-4;1-5(2,3)4/h1-3H2,(H,5,6);1-4H3/q;+1. The van der Waals surface area contributed by atoms with E-state index in [0.29, 0.717) is 0 Å². The van der Waals surface area contributed by atoms with Gasteiger partial charge < -0.3 is 9.80 Å². The van der Waals surface area contributed by atoms with Crippen LogP contribution in [0.3, 0.4) is 0 Å². The number of nitrogens with zero attached hydrogens (tertiary/aromatic N) is 1. The van der Waals surface area contributed by atoms with Crippen LogP contribution < -0.4 is 5.32 Å². The van der Waals surface area contributed by atoms with E-state index in [1.165, 1.54) is 0 Å². The first-order valence-electron chi connectivity index (χ1n) is 3.95. The van der Waals surface area contributed by atoms with E-state index in [-0.39, 0.29) is 5.91 Å². The fraction of sp³-hybridized carbons (Fsp3) is 0.875. The Hall–Kier alpha value is -0.570. The number of nitrogens with one attached hydrogen (secondary N) is 1. The van der Waals surface area contributed by atoms with Gasteiger partial charge in [-0.05, 0) is 6.42 Å². The minimum Gasteiger partial charge on any atom is -0.356 e. The Morgan fingerprint density at radius 3 is 1.82 bits per heavy atom. The van der Waals surface area contributed by atoms with Gasteiger partial charge in [0.05, 0.1) is 28.2 Å². The molecule has 1 heterocycles. The molecule has 1 N–H and O–H groups in total. The van der Waals surface area contributed by atoms with Crippen LogP contribution in [0.15, 0.2) is 0 Å². The first-order chi connectivity index (χ1) is 4.89. The Balaban J connectivity index is 0.000000187. The quantitative estimate of drug-likeness (QED) is 0.503. The SMILES string of the molecule is C[N+](C)(C)C.O=C1CCCN1. The summed E-state index contributed by atoms with van der Waals surface area (Å²) in [6.07, 6.45) is 1.76. The van der Waals surface area contributed by atoms with Crippen molar-refractivity contribution in [1.82, 2.24) is 5.32 Å². The third kappa shape index (κ3) is 12.6. The number of rotatable bonds is 0. The molecule has 0 aromatic rings. The summed E-state index contributed by atoms with van der Waals surface area (Å²) in [7, 11) is 8.50. The number of carbonyl (C=O) groups is 1. The predicted octanol–water partition coefficient (Wildman–Crippen LogP) is 0.219. The van der Waals surface area contributed by atoms with E-state index in [1.54, 1.807) is 0 Å². The molecule has 1 aliphatic rings. The lowest BCUT2D eigenvalue weighted by Gasteiger charge is -2.14. The van der Waals surface area contributed by atoms with Crippen molar-refractivity contribution in [3.63, 3.8) is 0 Å². The van der Waals surface area contributed by atoms with Crippen LogP contribution in [-0.4, -0.2) is 45.1 Å². The highest BCUT2D eigenvalue weighted by atomic mass is 16.1. The Kier molecular flexibility index (Phi) is 4.11. The van der Waals surface area contributed by atoms with E-state index in [1.807, 2.05) is 0 Å². The van der Waals surface area contributed by atoms with Gasteiger partial charge in [-0.1, -0.05) is 0 Å². The highest BCUT2D eigenvalue weighted by Gasteiger charge is 2.05. The van der Waals surface area contributed by atoms with Crippen LogP contribution in [0.5, 0.6) is 0 Å². The van der Waals surface area contributed by atoms with Gasteiger partial charge in [0.25, 0.3) is 0 Å². The van der Waals surface area contributed by atoms with Gasteiger partial charge in [0, 0.05) is 13.0 Å². The van der Waals surface area contributed by atoms with Crippen LogP contribution in [0.4, 0.5) is 0 Å². The maximum atomic E-state index is 10.1. The Bertz CT molecular complexity index is 113. The lowest BCUT2D eigenvalue weighted by Crippen LogP contribution is -2.27. The molecule has 1 saturated heterocycles. The molecule has 0 aromatic heterocycles. The second kappa shape index (κ2) is 4.34. The number of carbonyl (C=O) groups excluding carboxylic acids is 1. The maximum Gasteiger partial charge on any atom is 0.220 e. The molecule has 0 radical (unpaired) electrons. The molecule has 0 aromatic carbocycles. The molecule has 11 heavy (non-hydrogen) atoms.